The molecule has 0 saturated carbocycles. The van der Waals surface area contributed by atoms with Crippen molar-refractivity contribution in [1.29, 1.82) is 0 Å². The Hall–Kier alpha value is -1.06. The van der Waals surface area contributed by atoms with Gasteiger partial charge in [-0.1, -0.05) is 26.0 Å². The molecule has 1 rings (SSSR count). The highest BCUT2D eigenvalue weighted by molar-refractivity contribution is 5.30. The maximum atomic E-state index is 9.27. The lowest BCUT2D eigenvalue weighted by molar-refractivity contribution is 0.245. The monoisotopic (exact) mass is 223 g/mol. The number of benzene rings is 1. The molecule has 1 atom stereocenters. The Morgan fingerprint density at radius 3 is 2.81 bits per heavy atom. The lowest BCUT2D eigenvalue weighted by Gasteiger charge is -2.16. The van der Waals surface area contributed by atoms with Crippen molar-refractivity contribution in [2.45, 2.75) is 26.3 Å². The highest BCUT2D eigenvalue weighted by Gasteiger charge is 2.09. The molecule has 1 aromatic rings. The zero-order valence-electron chi connectivity index (χ0n) is 10.1. The molecule has 16 heavy (non-hydrogen) atoms. The van der Waals surface area contributed by atoms with Gasteiger partial charge in [-0.2, -0.15) is 0 Å². The Morgan fingerprint density at radius 2 is 2.19 bits per heavy atom. The summed E-state index contributed by atoms with van der Waals surface area (Å²) in [4.78, 5) is 0. The fourth-order valence-corrected chi connectivity index (χ4v) is 1.58. The molecule has 1 aromatic carbocycles. The number of hydrogen-bond donors (Lipinski definition) is 2. The first-order chi connectivity index (χ1) is 7.81. The molecule has 0 fully saturated rings. The molecule has 90 valence electrons. The van der Waals surface area contributed by atoms with Crippen LogP contribution in [0.25, 0.3) is 0 Å². The zero-order valence-corrected chi connectivity index (χ0v) is 10.1. The molecular formula is C13H21NO2. The summed E-state index contributed by atoms with van der Waals surface area (Å²) in [5.41, 5.74) is 1.07. The van der Waals surface area contributed by atoms with Gasteiger partial charge in [0.1, 0.15) is 5.75 Å². The van der Waals surface area contributed by atoms with Crippen molar-refractivity contribution in [3.8, 4) is 5.75 Å². The van der Waals surface area contributed by atoms with E-state index in [1.165, 1.54) is 0 Å². The van der Waals surface area contributed by atoms with Crippen LogP contribution in [0.5, 0.6) is 5.75 Å². The second-order valence-electron chi connectivity index (χ2n) is 3.71. The molecule has 0 aliphatic heterocycles. The van der Waals surface area contributed by atoms with E-state index in [2.05, 4.69) is 12.2 Å². The number of likely N-dealkylation sites (N-methyl/N-ethyl adjacent to an activating group) is 1. The van der Waals surface area contributed by atoms with Gasteiger partial charge in [0.05, 0.1) is 19.3 Å². The first-order valence-corrected chi connectivity index (χ1v) is 5.88. The normalized spacial score (nSPS) is 12.4. The Balaban J connectivity index is 2.71. The lowest BCUT2D eigenvalue weighted by atomic mass is 10.1. The smallest absolute Gasteiger partial charge is 0.119 e. The lowest BCUT2D eigenvalue weighted by Crippen LogP contribution is -2.23. The summed E-state index contributed by atoms with van der Waals surface area (Å²) in [5, 5.41) is 12.5. The van der Waals surface area contributed by atoms with Crippen LogP contribution in [0.2, 0.25) is 0 Å². The van der Waals surface area contributed by atoms with E-state index in [0.717, 1.165) is 30.9 Å². The average molecular weight is 223 g/mol. The topological polar surface area (TPSA) is 41.5 Å². The molecule has 0 heterocycles. The fraction of sp³-hybridized carbons (Fsp3) is 0.538. The van der Waals surface area contributed by atoms with E-state index < -0.39 is 0 Å². The standard InChI is InChI=1S/C13H21NO2/c1-3-8-16-12-7-5-6-11(9-12)13(10-15)14-4-2/h5-7,9,13-15H,3-4,8,10H2,1-2H3. The SMILES string of the molecule is CCCOc1cccc(C(CO)NCC)c1. The first kappa shape index (κ1) is 13.0. The number of hydrogen-bond acceptors (Lipinski definition) is 3. The van der Waals surface area contributed by atoms with Gasteiger partial charge in [0, 0.05) is 0 Å². The Bertz CT molecular complexity index is 302. The summed E-state index contributed by atoms with van der Waals surface area (Å²) in [6, 6.07) is 7.89. The summed E-state index contributed by atoms with van der Waals surface area (Å²) in [7, 11) is 0. The van der Waals surface area contributed by atoms with E-state index in [-0.39, 0.29) is 12.6 Å². The Labute approximate surface area is 97.4 Å². The molecule has 0 bridgehead atoms. The average Bonchev–Trinajstić information content (AvgIpc) is 2.33. The number of aliphatic hydroxyl groups is 1. The van der Waals surface area contributed by atoms with Gasteiger partial charge in [0.2, 0.25) is 0 Å². The Kier molecular flexibility index (Phi) is 5.90. The largest absolute Gasteiger partial charge is 0.494 e. The van der Waals surface area contributed by atoms with Crippen LogP contribution >= 0.6 is 0 Å². The fourth-order valence-electron chi connectivity index (χ4n) is 1.58. The van der Waals surface area contributed by atoms with Gasteiger partial charge in [0.15, 0.2) is 0 Å². The van der Waals surface area contributed by atoms with E-state index in [1.807, 2.05) is 31.2 Å². The summed E-state index contributed by atoms with van der Waals surface area (Å²) in [5.74, 6) is 0.871. The van der Waals surface area contributed by atoms with Crippen molar-refractivity contribution in [1.82, 2.24) is 5.32 Å². The predicted octanol–water partition coefficient (Wildman–Crippen LogP) is 2.12. The van der Waals surface area contributed by atoms with Crippen LogP contribution in [-0.4, -0.2) is 24.9 Å². The van der Waals surface area contributed by atoms with Crippen molar-refractivity contribution in [3.63, 3.8) is 0 Å². The third-order valence-electron chi connectivity index (χ3n) is 2.37. The van der Waals surface area contributed by atoms with Crippen molar-refractivity contribution in [2.75, 3.05) is 19.8 Å². The maximum absolute atomic E-state index is 9.27. The minimum atomic E-state index is -0.00447. The highest BCUT2D eigenvalue weighted by atomic mass is 16.5. The minimum absolute atomic E-state index is 0.00447. The van der Waals surface area contributed by atoms with Crippen LogP contribution in [-0.2, 0) is 0 Å². The maximum Gasteiger partial charge on any atom is 0.119 e. The number of aliphatic hydroxyl groups excluding tert-OH is 1. The van der Waals surface area contributed by atoms with E-state index in [1.54, 1.807) is 0 Å². The molecule has 0 radical (unpaired) electrons. The van der Waals surface area contributed by atoms with Gasteiger partial charge in [-0.05, 0) is 30.7 Å². The summed E-state index contributed by atoms with van der Waals surface area (Å²) in [6.07, 6.45) is 1.00. The van der Waals surface area contributed by atoms with Crippen LogP contribution in [0.3, 0.4) is 0 Å². The van der Waals surface area contributed by atoms with Crippen LogP contribution < -0.4 is 10.1 Å². The van der Waals surface area contributed by atoms with Gasteiger partial charge in [-0.25, -0.2) is 0 Å². The van der Waals surface area contributed by atoms with Gasteiger partial charge in [0.25, 0.3) is 0 Å². The molecular weight excluding hydrogens is 202 g/mol. The van der Waals surface area contributed by atoms with Gasteiger partial charge < -0.3 is 15.2 Å². The third kappa shape index (κ3) is 3.83. The molecule has 1 unspecified atom stereocenters. The number of rotatable bonds is 7. The van der Waals surface area contributed by atoms with Crippen molar-refractivity contribution in [3.05, 3.63) is 29.8 Å². The van der Waals surface area contributed by atoms with E-state index in [9.17, 15) is 5.11 Å². The Morgan fingerprint density at radius 1 is 1.38 bits per heavy atom. The zero-order chi connectivity index (χ0) is 11.8. The molecule has 0 aliphatic rings. The van der Waals surface area contributed by atoms with E-state index in [0.29, 0.717) is 0 Å². The van der Waals surface area contributed by atoms with Crippen molar-refractivity contribution in [2.24, 2.45) is 0 Å². The minimum Gasteiger partial charge on any atom is -0.494 e. The van der Waals surface area contributed by atoms with Crippen LogP contribution in [0, 0.1) is 0 Å². The second kappa shape index (κ2) is 7.25. The molecule has 0 aromatic heterocycles. The van der Waals surface area contributed by atoms with Gasteiger partial charge >= 0.3 is 0 Å². The molecule has 0 amide bonds. The molecule has 0 saturated heterocycles. The highest BCUT2D eigenvalue weighted by Crippen LogP contribution is 2.19. The molecule has 3 nitrogen and oxygen atoms in total. The number of ether oxygens (including phenoxy) is 1. The van der Waals surface area contributed by atoms with Crippen LogP contribution in [0.4, 0.5) is 0 Å². The summed E-state index contributed by atoms with van der Waals surface area (Å²) >= 11 is 0. The molecule has 0 aliphatic carbocycles. The van der Waals surface area contributed by atoms with Crippen LogP contribution in [0.15, 0.2) is 24.3 Å². The van der Waals surface area contributed by atoms with Crippen molar-refractivity contribution >= 4 is 0 Å². The van der Waals surface area contributed by atoms with E-state index in [4.69, 9.17) is 4.74 Å². The molecule has 0 spiro atoms. The van der Waals surface area contributed by atoms with Crippen molar-refractivity contribution < 1.29 is 9.84 Å². The predicted molar refractivity (Wildman–Crippen MR) is 65.7 cm³/mol. The first-order valence-electron chi connectivity index (χ1n) is 5.88. The van der Waals surface area contributed by atoms with Gasteiger partial charge in [-0.3, -0.25) is 0 Å². The molecule has 3 heteroatoms. The van der Waals surface area contributed by atoms with E-state index >= 15 is 0 Å². The summed E-state index contributed by atoms with van der Waals surface area (Å²) < 4.78 is 5.56. The summed E-state index contributed by atoms with van der Waals surface area (Å²) in [6.45, 7) is 5.78. The number of nitrogens with one attached hydrogen (secondary N) is 1. The quantitative estimate of drug-likeness (QED) is 0.744. The van der Waals surface area contributed by atoms with Crippen LogP contribution in [0.1, 0.15) is 31.9 Å². The second-order valence-corrected chi connectivity index (χ2v) is 3.71. The molecule has 2 N–H and O–H groups in total. The third-order valence-corrected chi connectivity index (χ3v) is 2.37. The van der Waals surface area contributed by atoms with Gasteiger partial charge in [-0.15, -0.1) is 0 Å².